The van der Waals surface area contributed by atoms with Crippen LogP contribution < -0.4 is 9.47 Å². The van der Waals surface area contributed by atoms with Crippen molar-refractivity contribution >= 4 is 66.0 Å². The van der Waals surface area contributed by atoms with E-state index in [0.29, 0.717) is 53.5 Å². The van der Waals surface area contributed by atoms with Crippen LogP contribution in [0.1, 0.15) is 197 Å². The average Bonchev–Trinajstić information content (AvgIpc) is 1.68. The van der Waals surface area contributed by atoms with Crippen molar-refractivity contribution in [3.05, 3.63) is 273 Å². The summed E-state index contributed by atoms with van der Waals surface area (Å²) in [7, 11) is 0. The zero-order chi connectivity index (χ0) is 65.6. The number of ether oxygens (including phenoxy) is 2. The number of hydrogen-bond acceptors (Lipinski definition) is 7. The fraction of sp³-hybridized carbons (Fsp3) is 0.317. The quantitative estimate of drug-likeness (QED) is 0.120. The first-order valence-electron chi connectivity index (χ1n) is 32.4. The number of pyridine rings is 1. The minimum atomic E-state index is 0.360. The number of halogens is 1. The number of furan rings is 1. The standard InChI is InChI=1S/C18H18.C15H16.C12H13N.C11H16N2S2.C10H12O2.C9H11Br.C7H10O/c1-13(2)18-16-11-7-6-10-15(16)12-17(18)14-8-4-3-5-9-14;1-12(2)14-10-6-7-11-15(14)13-8-4-3-5-9-13;1-9(2)10-5-6-12-11(8-10)4-3-7-13-12;1-7(2)9-10(15-8(3)4)12-11-13(9)5-6-14-11;1-7(2)8-4-3-5-9-10(8)12-6-11-9;1-7(2)8-5-3-4-6-9(8)10;1-6(2)7-4-3-5-8-7/h3-11,13H,12H2,1-2H3;3-12H,1-2H3;3-9H,1-2H3;5-8H,1-4H3;3-5,7H,6H2,1-2H3;3-7H,1-2H3;3-6H,1-2H3. The van der Waals surface area contributed by atoms with Crippen LogP contribution in [0.3, 0.4) is 0 Å². The van der Waals surface area contributed by atoms with Crippen LogP contribution in [-0.2, 0) is 6.42 Å². The van der Waals surface area contributed by atoms with Crippen LogP contribution in [0.25, 0.3) is 38.1 Å². The molecular weight excluding hydrogens is 1220 g/mol. The second-order valence-electron chi connectivity index (χ2n) is 25.2. The number of aromatic nitrogens is 3. The van der Waals surface area contributed by atoms with Crippen LogP contribution in [0, 0.1) is 5.92 Å². The molecule has 0 N–H and O–H groups in total. The summed E-state index contributed by atoms with van der Waals surface area (Å²) in [4.78, 5) is 10.1. The van der Waals surface area contributed by atoms with Crippen molar-refractivity contribution in [2.45, 2.75) is 163 Å². The smallest absolute Gasteiger partial charge is 0.231 e. The number of nitrogens with zero attached hydrogens (tertiary/aromatic N) is 3. The van der Waals surface area contributed by atoms with Crippen molar-refractivity contribution in [3.8, 4) is 22.6 Å². The SMILES string of the molecule is CC(C)C1=C(c2ccccc2)Cc2ccccc21.CC(C)Sc1nc2sccn2c1C(C)C.CC(C)c1ccc2ncccc2c1.CC(C)c1cccc2c1OCO2.CC(C)c1ccccc1-c1ccccc1.CC(C)c1ccccc1Br.CC(C)c1ccco1. The van der Waals surface area contributed by atoms with Crippen molar-refractivity contribution in [2.24, 2.45) is 5.92 Å². The molecule has 0 saturated heterocycles. The summed E-state index contributed by atoms with van der Waals surface area (Å²) in [5.74, 6) is 6.73. The molecule has 5 heterocycles. The van der Waals surface area contributed by atoms with E-state index in [4.69, 9.17) is 13.9 Å². The van der Waals surface area contributed by atoms with Gasteiger partial charge >= 0.3 is 0 Å². The molecule has 0 bridgehead atoms. The molecule has 0 amide bonds. The van der Waals surface area contributed by atoms with E-state index in [9.17, 15) is 0 Å². The van der Waals surface area contributed by atoms with Gasteiger partial charge in [0.2, 0.25) is 6.79 Å². The molecule has 0 saturated carbocycles. The lowest BCUT2D eigenvalue weighted by molar-refractivity contribution is 0.173. The normalized spacial score (nSPS) is 12.0. The van der Waals surface area contributed by atoms with Gasteiger partial charge in [0.25, 0.3) is 0 Å². The molecule has 9 heteroatoms. The minimum absolute atomic E-state index is 0.360. The Morgan fingerprint density at radius 2 is 1.13 bits per heavy atom. The number of thioether (sulfide) groups is 1. The maximum Gasteiger partial charge on any atom is 0.231 e. The van der Waals surface area contributed by atoms with E-state index in [2.05, 4.69) is 310 Å². The summed E-state index contributed by atoms with van der Waals surface area (Å²) >= 11 is 7.06. The Kier molecular flexibility index (Phi) is 27.6. The van der Waals surface area contributed by atoms with Crippen LogP contribution in [0.2, 0.25) is 0 Å². The zero-order valence-corrected chi connectivity index (χ0v) is 59.8. The molecule has 476 valence electrons. The largest absolute Gasteiger partial charge is 0.469 e. The summed E-state index contributed by atoms with van der Waals surface area (Å²) < 4.78 is 19.2. The Hall–Kier alpha value is -7.43. The Morgan fingerprint density at radius 3 is 1.71 bits per heavy atom. The lowest BCUT2D eigenvalue weighted by Gasteiger charge is -2.12. The number of thiazole rings is 1. The van der Waals surface area contributed by atoms with Gasteiger partial charge in [0.15, 0.2) is 16.5 Å². The van der Waals surface area contributed by atoms with Crippen molar-refractivity contribution in [1.82, 2.24) is 14.4 Å². The molecule has 13 rings (SSSR count). The van der Waals surface area contributed by atoms with Gasteiger partial charge in [0.1, 0.15) is 10.8 Å². The first-order chi connectivity index (χ1) is 43.7. The fourth-order valence-electron chi connectivity index (χ4n) is 10.9. The van der Waals surface area contributed by atoms with Crippen LogP contribution in [0.4, 0.5) is 0 Å². The van der Waals surface area contributed by atoms with E-state index in [1.165, 1.54) is 81.8 Å². The third-order valence-electron chi connectivity index (χ3n) is 15.5. The number of hydrogen-bond donors (Lipinski definition) is 0. The molecule has 1 aliphatic carbocycles. The topological polar surface area (TPSA) is 61.8 Å². The lowest BCUT2D eigenvalue weighted by atomic mass is 9.92. The van der Waals surface area contributed by atoms with Gasteiger partial charge in [-0.1, -0.05) is 278 Å². The molecule has 4 aromatic heterocycles. The van der Waals surface area contributed by atoms with E-state index in [-0.39, 0.29) is 0 Å². The van der Waals surface area contributed by atoms with Gasteiger partial charge in [-0.3, -0.25) is 9.38 Å². The van der Waals surface area contributed by atoms with E-state index in [1.807, 2.05) is 54.4 Å². The molecular formula is C82H96BrN3O3S2. The second-order valence-corrected chi connectivity index (χ2v) is 28.5. The van der Waals surface area contributed by atoms with Crippen LogP contribution in [0.5, 0.6) is 11.5 Å². The van der Waals surface area contributed by atoms with Gasteiger partial charge in [-0.05, 0) is 140 Å². The second kappa shape index (κ2) is 35.4. The number of rotatable bonds is 11. The van der Waals surface area contributed by atoms with Crippen LogP contribution in [-0.4, -0.2) is 26.4 Å². The number of allylic oxidation sites excluding steroid dienone is 2. The highest BCUT2D eigenvalue weighted by Gasteiger charge is 2.24. The molecule has 91 heavy (non-hydrogen) atoms. The Bertz CT molecular complexity index is 3970. The van der Waals surface area contributed by atoms with E-state index in [1.54, 1.807) is 17.6 Å². The number of fused-ring (bicyclic) bond motifs is 4. The maximum absolute atomic E-state index is 5.37. The van der Waals surface area contributed by atoms with Gasteiger partial charge in [-0.2, -0.15) is 0 Å². The van der Waals surface area contributed by atoms with Crippen molar-refractivity contribution < 1.29 is 13.9 Å². The third-order valence-corrected chi connectivity index (χ3v) is 18.0. The Labute approximate surface area is 561 Å². The van der Waals surface area contributed by atoms with Crippen LogP contribution >= 0.6 is 39.0 Å². The monoisotopic (exact) mass is 1310 g/mol. The first-order valence-corrected chi connectivity index (χ1v) is 34.9. The van der Waals surface area contributed by atoms with Crippen LogP contribution in [0.15, 0.2) is 232 Å². The Balaban J connectivity index is 0.000000153. The zero-order valence-electron chi connectivity index (χ0n) is 56.6. The van der Waals surface area contributed by atoms with Gasteiger partial charge in [0.05, 0.1) is 17.5 Å². The third kappa shape index (κ3) is 20.3. The summed E-state index contributed by atoms with van der Waals surface area (Å²) in [6.45, 7) is 35.6. The van der Waals surface area contributed by atoms with E-state index in [0.717, 1.165) is 34.2 Å². The van der Waals surface area contributed by atoms with E-state index < -0.39 is 0 Å². The Morgan fingerprint density at radius 1 is 0.516 bits per heavy atom. The molecule has 11 aromatic rings. The molecule has 0 atom stereocenters. The van der Waals surface area contributed by atoms with Crippen molar-refractivity contribution in [1.29, 1.82) is 0 Å². The average molecular weight is 1320 g/mol. The fourth-order valence-corrected chi connectivity index (χ4v) is 13.4. The molecule has 6 nitrogen and oxygen atoms in total. The minimum Gasteiger partial charge on any atom is -0.469 e. The molecule has 0 spiro atoms. The highest BCUT2D eigenvalue weighted by atomic mass is 79.9. The number of imidazole rings is 1. The number of para-hydroxylation sites is 1. The van der Waals surface area contributed by atoms with Gasteiger partial charge in [-0.25, -0.2) is 4.98 Å². The van der Waals surface area contributed by atoms with Crippen molar-refractivity contribution in [2.75, 3.05) is 6.79 Å². The maximum atomic E-state index is 5.37. The summed E-state index contributed by atoms with van der Waals surface area (Å²) in [5, 5.41) is 5.12. The molecule has 0 unspecified atom stereocenters. The summed E-state index contributed by atoms with van der Waals surface area (Å²) in [6.07, 6.45) is 6.73. The molecule has 7 aromatic carbocycles. The predicted octanol–water partition coefficient (Wildman–Crippen LogP) is 25.2. The molecule has 0 fully saturated rings. The summed E-state index contributed by atoms with van der Waals surface area (Å²) in [5.41, 5.74) is 17.8. The van der Waals surface area contributed by atoms with Crippen molar-refractivity contribution in [3.63, 3.8) is 0 Å². The number of benzene rings is 7. The highest BCUT2D eigenvalue weighted by molar-refractivity contribution is 9.10. The van der Waals surface area contributed by atoms with Gasteiger partial charge in [0, 0.05) is 44.4 Å². The summed E-state index contributed by atoms with van der Waals surface area (Å²) in [6, 6.07) is 67.6. The molecule has 0 radical (unpaired) electrons. The first kappa shape index (κ1) is 71.0. The lowest BCUT2D eigenvalue weighted by Crippen LogP contribution is -1.96. The van der Waals surface area contributed by atoms with Gasteiger partial charge < -0.3 is 13.9 Å². The highest BCUT2D eigenvalue weighted by Crippen LogP contribution is 2.43. The molecule has 2 aliphatic rings. The van der Waals surface area contributed by atoms with E-state index >= 15 is 0 Å². The predicted molar refractivity (Wildman–Crippen MR) is 396 cm³/mol. The van der Waals surface area contributed by atoms with Gasteiger partial charge in [-0.15, -0.1) is 23.1 Å². The molecule has 1 aliphatic heterocycles.